The second-order valence-corrected chi connectivity index (χ2v) is 4.18. The fourth-order valence-corrected chi connectivity index (χ4v) is 1.76. The van der Waals surface area contributed by atoms with E-state index in [2.05, 4.69) is 23.7 Å². The molecule has 3 nitrogen and oxygen atoms in total. The van der Waals surface area contributed by atoms with Gasteiger partial charge in [0.25, 0.3) is 0 Å². The van der Waals surface area contributed by atoms with E-state index in [1.165, 1.54) is 12.8 Å². The van der Waals surface area contributed by atoms with Gasteiger partial charge in [-0.1, -0.05) is 24.9 Å². The van der Waals surface area contributed by atoms with E-state index < -0.39 is 0 Å². The van der Waals surface area contributed by atoms with Crippen LogP contribution in [-0.4, -0.2) is 18.1 Å². The fourth-order valence-electron chi connectivity index (χ4n) is 1.58. The van der Waals surface area contributed by atoms with E-state index in [1.807, 2.05) is 6.07 Å². The normalized spacial score (nSPS) is 10.5. The predicted molar refractivity (Wildman–Crippen MR) is 69.9 cm³/mol. The van der Waals surface area contributed by atoms with Crippen LogP contribution in [0.15, 0.2) is 12.3 Å². The molecule has 16 heavy (non-hydrogen) atoms. The molecule has 0 amide bonds. The molecule has 0 aliphatic heterocycles. The second kappa shape index (κ2) is 6.71. The van der Waals surface area contributed by atoms with Crippen molar-refractivity contribution >= 4 is 17.4 Å². The summed E-state index contributed by atoms with van der Waals surface area (Å²) in [6.07, 6.45) is 4.05. The van der Waals surface area contributed by atoms with Gasteiger partial charge in [0.15, 0.2) is 0 Å². The molecule has 1 heterocycles. The third-order valence-corrected chi connectivity index (χ3v) is 2.97. The number of halogens is 1. The third-order valence-electron chi connectivity index (χ3n) is 2.63. The highest BCUT2D eigenvalue weighted by molar-refractivity contribution is 6.31. The molecule has 0 aromatic carbocycles. The van der Waals surface area contributed by atoms with Gasteiger partial charge in [0.2, 0.25) is 0 Å². The molecule has 0 aliphatic carbocycles. The maximum Gasteiger partial charge on any atom is 0.128 e. The van der Waals surface area contributed by atoms with Crippen LogP contribution in [0.4, 0.5) is 5.82 Å². The molecule has 2 N–H and O–H groups in total. The van der Waals surface area contributed by atoms with Crippen LogP contribution in [0.1, 0.15) is 32.3 Å². The average Bonchev–Trinajstić information content (AvgIpc) is 2.32. The highest BCUT2D eigenvalue weighted by atomic mass is 35.5. The Morgan fingerprint density at radius 2 is 2.19 bits per heavy atom. The van der Waals surface area contributed by atoms with Crippen molar-refractivity contribution in [1.82, 2.24) is 4.98 Å². The average molecular weight is 242 g/mol. The highest BCUT2D eigenvalue weighted by Crippen LogP contribution is 2.20. The van der Waals surface area contributed by atoms with Crippen LogP contribution in [0.25, 0.3) is 0 Å². The van der Waals surface area contributed by atoms with E-state index in [0.717, 1.165) is 24.5 Å². The van der Waals surface area contributed by atoms with Gasteiger partial charge < -0.3 is 10.6 Å². The molecule has 4 heteroatoms. The number of hydrogen-bond acceptors (Lipinski definition) is 3. The topological polar surface area (TPSA) is 42.1 Å². The summed E-state index contributed by atoms with van der Waals surface area (Å²) in [5, 5.41) is 0.651. The van der Waals surface area contributed by atoms with Crippen molar-refractivity contribution < 1.29 is 0 Å². The van der Waals surface area contributed by atoms with Gasteiger partial charge in [-0.15, -0.1) is 0 Å². The van der Waals surface area contributed by atoms with Crippen molar-refractivity contribution in [3.05, 3.63) is 22.8 Å². The maximum atomic E-state index is 5.99. The lowest BCUT2D eigenvalue weighted by Gasteiger charge is -2.22. The largest absolute Gasteiger partial charge is 0.357 e. The molecular weight excluding hydrogens is 222 g/mol. The number of aromatic nitrogens is 1. The van der Waals surface area contributed by atoms with Gasteiger partial charge in [-0.05, 0) is 25.0 Å². The van der Waals surface area contributed by atoms with Gasteiger partial charge in [-0.3, -0.25) is 0 Å². The van der Waals surface area contributed by atoms with Crippen molar-refractivity contribution in [3.8, 4) is 0 Å². The molecule has 0 aliphatic rings. The molecule has 0 atom stereocenters. The van der Waals surface area contributed by atoms with E-state index in [1.54, 1.807) is 6.20 Å². The zero-order valence-electron chi connectivity index (χ0n) is 10.0. The van der Waals surface area contributed by atoms with Crippen LogP contribution in [0.2, 0.25) is 5.02 Å². The van der Waals surface area contributed by atoms with Crippen LogP contribution in [-0.2, 0) is 6.54 Å². The van der Waals surface area contributed by atoms with Crippen molar-refractivity contribution in [2.24, 2.45) is 5.73 Å². The summed E-state index contributed by atoms with van der Waals surface area (Å²) in [5.41, 5.74) is 6.59. The van der Waals surface area contributed by atoms with Crippen LogP contribution in [0, 0.1) is 0 Å². The summed E-state index contributed by atoms with van der Waals surface area (Å²) in [5.74, 6) is 0.973. The lowest BCUT2D eigenvalue weighted by Crippen LogP contribution is -2.25. The van der Waals surface area contributed by atoms with Gasteiger partial charge >= 0.3 is 0 Å². The highest BCUT2D eigenvalue weighted by Gasteiger charge is 2.07. The van der Waals surface area contributed by atoms with Gasteiger partial charge in [0.05, 0.1) is 5.02 Å². The summed E-state index contributed by atoms with van der Waals surface area (Å²) in [6.45, 7) is 6.77. The second-order valence-electron chi connectivity index (χ2n) is 3.77. The molecule has 0 bridgehead atoms. The van der Waals surface area contributed by atoms with Gasteiger partial charge in [-0.25, -0.2) is 4.98 Å². The van der Waals surface area contributed by atoms with Crippen molar-refractivity contribution in [2.45, 2.75) is 33.2 Å². The third kappa shape index (κ3) is 3.35. The Balaban J connectivity index is 2.83. The minimum absolute atomic E-state index is 0.458. The summed E-state index contributed by atoms with van der Waals surface area (Å²) >= 11 is 5.99. The standard InChI is InChI=1S/C12H20ClN3/c1-3-5-6-16(4-2)12-7-10(8-14)11(13)9-15-12/h7,9H,3-6,8,14H2,1-2H3. The van der Waals surface area contributed by atoms with Crippen molar-refractivity contribution in [3.63, 3.8) is 0 Å². The van der Waals surface area contributed by atoms with E-state index in [9.17, 15) is 0 Å². The smallest absolute Gasteiger partial charge is 0.128 e. The molecule has 1 aromatic heterocycles. The number of nitrogens with zero attached hydrogens (tertiary/aromatic N) is 2. The molecule has 1 rings (SSSR count). The molecule has 1 aromatic rings. The van der Waals surface area contributed by atoms with Gasteiger partial charge in [0, 0.05) is 25.8 Å². The Bertz CT molecular complexity index is 328. The predicted octanol–water partition coefficient (Wildman–Crippen LogP) is 2.82. The maximum absolute atomic E-state index is 5.99. The van der Waals surface area contributed by atoms with E-state index in [0.29, 0.717) is 11.6 Å². The number of pyridine rings is 1. The SMILES string of the molecule is CCCCN(CC)c1cc(CN)c(Cl)cn1. The number of rotatable bonds is 6. The Labute approximate surface area is 103 Å². The van der Waals surface area contributed by atoms with Gasteiger partial charge in [-0.2, -0.15) is 0 Å². The molecular formula is C12H20ClN3. The molecule has 0 saturated heterocycles. The monoisotopic (exact) mass is 241 g/mol. The van der Waals surface area contributed by atoms with Crippen LogP contribution < -0.4 is 10.6 Å². The van der Waals surface area contributed by atoms with Crippen LogP contribution in [0.5, 0.6) is 0 Å². The Morgan fingerprint density at radius 1 is 1.44 bits per heavy atom. The Hall–Kier alpha value is -0.800. The zero-order valence-corrected chi connectivity index (χ0v) is 10.8. The molecule has 0 spiro atoms. The lowest BCUT2D eigenvalue weighted by molar-refractivity contribution is 0.723. The fraction of sp³-hybridized carbons (Fsp3) is 0.583. The summed E-state index contributed by atoms with van der Waals surface area (Å²) in [7, 11) is 0. The minimum Gasteiger partial charge on any atom is -0.357 e. The number of anilines is 1. The number of unbranched alkanes of at least 4 members (excludes halogenated alkanes) is 1. The quantitative estimate of drug-likeness (QED) is 0.833. The molecule has 0 radical (unpaired) electrons. The first-order chi connectivity index (χ1) is 7.72. The minimum atomic E-state index is 0.458. The molecule has 0 fully saturated rings. The van der Waals surface area contributed by atoms with Crippen LogP contribution >= 0.6 is 11.6 Å². The summed E-state index contributed by atoms with van der Waals surface area (Å²) < 4.78 is 0. The first kappa shape index (κ1) is 13.3. The first-order valence-corrected chi connectivity index (χ1v) is 6.20. The molecule has 90 valence electrons. The molecule has 0 saturated carbocycles. The van der Waals surface area contributed by atoms with E-state index >= 15 is 0 Å². The van der Waals surface area contributed by atoms with E-state index in [4.69, 9.17) is 17.3 Å². The van der Waals surface area contributed by atoms with E-state index in [-0.39, 0.29) is 0 Å². The number of hydrogen-bond donors (Lipinski definition) is 1. The summed E-state index contributed by atoms with van der Waals surface area (Å²) in [6, 6.07) is 1.99. The van der Waals surface area contributed by atoms with Gasteiger partial charge in [0.1, 0.15) is 5.82 Å². The first-order valence-electron chi connectivity index (χ1n) is 5.82. The van der Waals surface area contributed by atoms with Crippen molar-refractivity contribution in [1.29, 1.82) is 0 Å². The van der Waals surface area contributed by atoms with Crippen LogP contribution in [0.3, 0.4) is 0 Å². The summed E-state index contributed by atoms with van der Waals surface area (Å²) in [4.78, 5) is 6.60. The lowest BCUT2D eigenvalue weighted by atomic mass is 10.2. The Kier molecular flexibility index (Phi) is 5.56. The Morgan fingerprint density at radius 3 is 2.75 bits per heavy atom. The number of nitrogens with two attached hydrogens (primary N) is 1. The zero-order chi connectivity index (χ0) is 12.0. The molecule has 0 unspecified atom stereocenters. The van der Waals surface area contributed by atoms with Crippen molar-refractivity contribution in [2.75, 3.05) is 18.0 Å².